The number of alkyl halides is 1. The Hall–Kier alpha value is -0.440. The van der Waals surface area contributed by atoms with Crippen molar-refractivity contribution in [1.29, 1.82) is 0 Å². The van der Waals surface area contributed by atoms with Gasteiger partial charge in [0.25, 0.3) is 0 Å². The lowest BCUT2D eigenvalue weighted by Crippen LogP contribution is -2.25. The third-order valence-corrected chi connectivity index (χ3v) is 4.61. The number of hydrogen-bond acceptors (Lipinski definition) is 2. The summed E-state index contributed by atoms with van der Waals surface area (Å²) in [7, 11) is 1.69. The maximum Gasteiger partial charge on any atom is 0.123 e. The summed E-state index contributed by atoms with van der Waals surface area (Å²) < 4.78 is 5.35. The molecule has 19 heavy (non-hydrogen) atoms. The zero-order chi connectivity index (χ0) is 13.7. The van der Waals surface area contributed by atoms with Gasteiger partial charge in [0, 0.05) is 23.0 Å². The van der Waals surface area contributed by atoms with E-state index >= 15 is 0 Å². The fraction of sp³-hybridized carbons (Fsp3) is 0.600. The van der Waals surface area contributed by atoms with Gasteiger partial charge in [-0.3, -0.25) is 0 Å². The number of benzene rings is 1. The SMILES string of the molecule is COc1ccc(Cl)cc1CNCC1CCCC1CCl. The maximum absolute atomic E-state index is 6.02. The molecular formula is C15H21Cl2NO. The van der Waals surface area contributed by atoms with E-state index in [0.29, 0.717) is 11.8 Å². The van der Waals surface area contributed by atoms with Crippen LogP contribution in [0.3, 0.4) is 0 Å². The second-order valence-corrected chi connectivity index (χ2v) is 5.94. The van der Waals surface area contributed by atoms with Crippen LogP contribution in [0.2, 0.25) is 5.02 Å². The second kappa shape index (κ2) is 7.37. The Kier molecular flexibility index (Phi) is 5.80. The van der Waals surface area contributed by atoms with Gasteiger partial charge in [-0.25, -0.2) is 0 Å². The van der Waals surface area contributed by atoms with Crippen molar-refractivity contribution >= 4 is 23.2 Å². The molecule has 2 atom stereocenters. The molecule has 0 saturated heterocycles. The summed E-state index contributed by atoms with van der Waals surface area (Å²) in [5, 5.41) is 4.26. The van der Waals surface area contributed by atoms with Crippen LogP contribution in [0, 0.1) is 11.8 Å². The Morgan fingerprint density at radius 1 is 1.32 bits per heavy atom. The molecule has 2 rings (SSSR count). The van der Waals surface area contributed by atoms with E-state index in [0.717, 1.165) is 35.3 Å². The Labute approximate surface area is 125 Å². The smallest absolute Gasteiger partial charge is 0.123 e. The molecule has 0 aromatic heterocycles. The molecule has 0 spiro atoms. The van der Waals surface area contributed by atoms with Crippen molar-refractivity contribution in [2.45, 2.75) is 25.8 Å². The van der Waals surface area contributed by atoms with E-state index < -0.39 is 0 Å². The van der Waals surface area contributed by atoms with Gasteiger partial charge in [0.1, 0.15) is 5.75 Å². The third-order valence-electron chi connectivity index (χ3n) is 3.98. The zero-order valence-electron chi connectivity index (χ0n) is 11.3. The van der Waals surface area contributed by atoms with Crippen LogP contribution in [-0.2, 0) is 6.54 Å². The predicted octanol–water partition coefficient (Wildman–Crippen LogP) is 4.09. The molecule has 1 saturated carbocycles. The van der Waals surface area contributed by atoms with Gasteiger partial charge in [0.15, 0.2) is 0 Å². The van der Waals surface area contributed by atoms with E-state index in [-0.39, 0.29) is 0 Å². The first-order chi connectivity index (χ1) is 9.24. The summed E-state index contributed by atoms with van der Waals surface area (Å²) in [4.78, 5) is 0. The first-order valence-corrected chi connectivity index (χ1v) is 7.75. The van der Waals surface area contributed by atoms with E-state index in [1.54, 1.807) is 7.11 Å². The quantitative estimate of drug-likeness (QED) is 0.799. The van der Waals surface area contributed by atoms with Crippen LogP contribution in [0.15, 0.2) is 18.2 Å². The monoisotopic (exact) mass is 301 g/mol. The van der Waals surface area contributed by atoms with E-state index in [9.17, 15) is 0 Å². The fourth-order valence-corrected chi connectivity index (χ4v) is 3.46. The molecule has 0 heterocycles. The molecule has 1 aromatic rings. The Balaban J connectivity index is 1.87. The number of rotatable bonds is 6. The van der Waals surface area contributed by atoms with Crippen molar-refractivity contribution < 1.29 is 4.74 Å². The Morgan fingerprint density at radius 2 is 2.11 bits per heavy atom. The highest BCUT2D eigenvalue weighted by molar-refractivity contribution is 6.30. The summed E-state index contributed by atoms with van der Waals surface area (Å²) in [6, 6.07) is 5.72. The molecular weight excluding hydrogens is 281 g/mol. The molecule has 1 fully saturated rings. The van der Waals surface area contributed by atoms with Crippen LogP contribution in [0.25, 0.3) is 0 Å². The predicted molar refractivity (Wildman–Crippen MR) is 81.3 cm³/mol. The van der Waals surface area contributed by atoms with Crippen LogP contribution in [0.1, 0.15) is 24.8 Å². The van der Waals surface area contributed by atoms with Crippen LogP contribution in [0.4, 0.5) is 0 Å². The minimum Gasteiger partial charge on any atom is -0.496 e. The maximum atomic E-state index is 6.02. The van der Waals surface area contributed by atoms with Crippen molar-refractivity contribution in [3.05, 3.63) is 28.8 Å². The fourth-order valence-electron chi connectivity index (χ4n) is 2.86. The standard InChI is InChI=1S/C15H21Cl2NO/c1-19-15-6-5-14(17)7-13(15)10-18-9-12-4-2-3-11(12)8-16/h5-7,11-12,18H,2-4,8-10H2,1H3. The van der Waals surface area contributed by atoms with Gasteiger partial charge >= 0.3 is 0 Å². The molecule has 0 radical (unpaired) electrons. The molecule has 1 aromatic carbocycles. The average molecular weight is 302 g/mol. The zero-order valence-corrected chi connectivity index (χ0v) is 12.8. The van der Waals surface area contributed by atoms with Gasteiger partial charge < -0.3 is 10.1 Å². The van der Waals surface area contributed by atoms with E-state index in [4.69, 9.17) is 27.9 Å². The molecule has 4 heteroatoms. The van der Waals surface area contributed by atoms with Gasteiger partial charge in [0.05, 0.1) is 7.11 Å². The normalized spacial score (nSPS) is 22.7. The average Bonchev–Trinajstić information content (AvgIpc) is 2.86. The topological polar surface area (TPSA) is 21.3 Å². The van der Waals surface area contributed by atoms with Gasteiger partial charge in [0.2, 0.25) is 0 Å². The third kappa shape index (κ3) is 4.01. The molecule has 106 valence electrons. The van der Waals surface area contributed by atoms with E-state index in [1.165, 1.54) is 19.3 Å². The molecule has 0 amide bonds. The van der Waals surface area contributed by atoms with Gasteiger partial charge in [-0.1, -0.05) is 18.0 Å². The second-order valence-electron chi connectivity index (χ2n) is 5.19. The lowest BCUT2D eigenvalue weighted by molar-refractivity contribution is 0.386. The molecule has 2 nitrogen and oxygen atoms in total. The number of nitrogens with one attached hydrogen (secondary N) is 1. The first-order valence-electron chi connectivity index (χ1n) is 6.83. The minimum absolute atomic E-state index is 0.676. The van der Waals surface area contributed by atoms with Crippen molar-refractivity contribution in [2.24, 2.45) is 11.8 Å². The van der Waals surface area contributed by atoms with Gasteiger partial charge in [-0.05, 0) is 49.4 Å². The van der Waals surface area contributed by atoms with E-state index in [1.807, 2.05) is 18.2 Å². The number of methoxy groups -OCH3 is 1. The number of ether oxygens (including phenoxy) is 1. The molecule has 1 aliphatic rings. The highest BCUT2D eigenvalue weighted by Gasteiger charge is 2.25. The van der Waals surface area contributed by atoms with Crippen LogP contribution in [0.5, 0.6) is 5.75 Å². The highest BCUT2D eigenvalue weighted by atomic mass is 35.5. The number of halogens is 2. The molecule has 1 aliphatic carbocycles. The first kappa shape index (κ1) is 15.0. The van der Waals surface area contributed by atoms with Gasteiger partial charge in [-0.2, -0.15) is 0 Å². The largest absolute Gasteiger partial charge is 0.496 e. The summed E-state index contributed by atoms with van der Waals surface area (Å²) >= 11 is 12.0. The Morgan fingerprint density at radius 3 is 2.84 bits per heavy atom. The summed E-state index contributed by atoms with van der Waals surface area (Å²) in [5.74, 6) is 3.06. The lowest BCUT2D eigenvalue weighted by Gasteiger charge is -2.18. The Bertz CT molecular complexity index is 411. The van der Waals surface area contributed by atoms with Crippen molar-refractivity contribution in [2.75, 3.05) is 19.5 Å². The van der Waals surface area contributed by atoms with Crippen LogP contribution >= 0.6 is 23.2 Å². The molecule has 1 N–H and O–H groups in total. The molecule has 0 aliphatic heterocycles. The van der Waals surface area contributed by atoms with Crippen molar-refractivity contribution in [1.82, 2.24) is 5.32 Å². The minimum atomic E-state index is 0.676. The van der Waals surface area contributed by atoms with E-state index in [2.05, 4.69) is 5.32 Å². The van der Waals surface area contributed by atoms with Gasteiger partial charge in [-0.15, -0.1) is 11.6 Å². The van der Waals surface area contributed by atoms with Crippen molar-refractivity contribution in [3.63, 3.8) is 0 Å². The summed E-state index contributed by atoms with van der Waals surface area (Å²) in [6.07, 6.45) is 3.87. The summed E-state index contributed by atoms with van der Waals surface area (Å²) in [5.41, 5.74) is 1.11. The number of hydrogen-bond donors (Lipinski definition) is 1. The molecule has 0 bridgehead atoms. The highest BCUT2D eigenvalue weighted by Crippen LogP contribution is 2.32. The van der Waals surface area contributed by atoms with Crippen LogP contribution < -0.4 is 10.1 Å². The summed E-state index contributed by atoms with van der Waals surface area (Å²) in [6.45, 7) is 1.81. The lowest BCUT2D eigenvalue weighted by atomic mass is 9.98. The van der Waals surface area contributed by atoms with Crippen LogP contribution in [-0.4, -0.2) is 19.5 Å². The van der Waals surface area contributed by atoms with Crippen molar-refractivity contribution in [3.8, 4) is 5.75 Å². The molecule has 2 unspecified atom stereocenters.